The average Bonchev–Trinajstić information content (AvgIpc) is 2.81. The van der Waals surface area contributed by atoms with Crippen molar-refractivity contribution in [2.45, 2.75) is 38.5 Å². The van der Waals surface area contributed by atoms with E-state index in [1.165, 1.54) is 47.8 Å². The topological polar surface area (TPSA) is 51.0 Å². The van der Waals surface area contributed by atoms with Crippen LogP contribution < -0.4 is 10.5 Å². The highest BCUT2D eigenvalue weighted by Gasteiger charge is 2.15. The minimum absolute atomic E-state index is 0.742. The van der Waals surface area contributed by atoms with E-state index in [9.17, 15) is 0 Å². The molecule has 1 heterocycles. The van der Waals surface area contributed by atoms with Gasteiger partial charge < -0.3 is 15.5 Å². The molecule has 3 nitrogen and oxygen atoms in total. The predicted octanol–water partition coefficient (Wildman–Crippen LogP) is 3.16. The van der Waals surface area contributed by atoms with Crippen molar-refractivity contribution in [3.63, 3.8) is 0 Å². The molecule has 0 saturated carbocycles. The molecular formula is C16H22N2O. The second-order valence-electron chi connectivity index (χ2n) is 5.34. The van der Waals surface area contributed by atoms with Gasteiger partial charge in [0.2, 0.25) is 0 Å². The Morgan fingerprint density at radius 3 is 2.95 bits per heavy atom. The molecule has 0 bridgehead atoms. The number of ether oxygens (including phenoxy) is 1. The van der Waals surface area contributed by atoms with E-state index in [-0.39, 0.29) is 0 Å². The largest absolute Gasteiger partial charge is 0.494 e. The number of H-pyrrole nitrogens is 1. The molecule has 0 spiro atoms. The Bertz CT molecular complexity index is 559. The van der Waals surface area contributed by atoms with Crippen LogP contribution in [-0.2, 0) is 12.8 Å². The monoisotopic (exact) mass is 258 g/mol. The molecule has 3 N–H and O–H groups in total. The standard InChI is InChI=1S/C16H22N2O/c17-9-3-4-10-19-12-7-8-14-13-5-1-2-6-15(13)18-16(14)11-12/h7-8,11,18H,1-6,9-10,17H2. The lowest BCUT2D eigenvalue weighted by molar-refractivity contribution is 0.308. The molecule has 0 amide bonds. The maximum atomic E-state index is 5.77. The van der Waals surface area contributed by atoms with Crippen LogP contribution in [0.4, 0.5) is 0 Å². The summed E-state index contributed by atoms with van der Waals surface area (Å²) >= 11 is 0. The molecule has 0 atom stereocenters. The summed E-state index contributed by atoms with van der Waals surface area (Å²) in [7, 11) is 0. The second kappa shape index (κ2) is 5.66. The van der Waals surface area contributed by atoms with Crippen molar-refractivity contribution in [3.05, 3.63) is 29.5 Å². The van der Waals surface area contributed by atoms with Crippen LogP contribution in [0.2, 0.25) is 0 Å². The number of aromatic nitrogens is 1. The minimum Gasteiger partial charge on any atom is -0.494 e. The third-order valence-electron chi connectivity index (χ3n) is 3.94. The summed E-state index contributed by atoms with van der Waals surface area (Å²) in [6, 6.07) is 6.43. The summed E-state index contributed by atoms with van der Waals surface area (Å²) in [5.74, 6) is 0.961. The molecule has 0 fully saturated rings. The van der Waals surface area contributed by atoms with Crippen LogP contribution in [0, 0.1) is 0 Å². The van der Waals surface area contributed by atoms with Gasteiger partial charge in [0.05, 0.1) is 6.61 Å². The van der Waals surface area contributed by atoms with E-state index in [2.05, 4.69) is 23.2 Å². The van der Waals surface area contributed by atoms with E-state index >= 15 is 0 Å². The first-order chi connectivity index (χ1) is 9.38. The SMILES string of the molecule is NCCCCOc1ccc2c3c([nH]c2c1)CCCC3. The van der Waals surface area contributed by atoms with Gasteiger partial charge in [-0.3, -0.25) is 0 Å². The highest BCUT2D eigenvalue weighted by Crippen LogP contribution is 2.31. The lowest BCUT2D eigenvalue weighted by atomic mass is 9.96. The van der Waals surface area contributed by atoms with Gasteiger partial charge in [0, 0.05) is 22.7 Å². The molecule has 0 unspecified atom stereocenters. The maximum absolute atomic E-state index is 5.77. The molecule has 0 radical (unpaired) electrons. The van der Waals surface area contributed by atoms with Crippen molar-refractivity contribution < 1.29 is 4.74 Å². The van der Waals surface area contributed by atoms with Gasteiger partial charge in [0.25, 0.3) is 0 Å². The lowest BCUT2D eigenvalue weighted by Crippen LogP contribution is -2.03. The normalized spacial score (nSPS) is 14.6. The van der Waals surface area contributed by atoms with E-state index in [0.717, 1.165) is 31.7 Å². The van der Waals surface area contributed by atoms with Gasteiger partial charge in [-0.2, -0.15) is 0 Å². The Balaban J connectivity index is 1.77. The van der Waals surface area contributed by atoms with E-state index in [1.54, 1.807) is 0 Å². The molecule has 19 heavy (non-hydrogen) atoms. The molecule has 102 valence electrons. The number of nitrogens with two attached hydrogens (primary N) is 1. The molecule has 2 aromatic rings. The second-order valence-corrected chi connectivity index (χ2v) is 5.34. The summed E-state index contributed by atoms with van der Waals surface area (Å²) in [6.45, 7) is 1.49. The van der Waals surface area contributed by atoms with Crippen LogP contribution in [0.25, 0.3) is 10.9 Å². The molecule has 1 aromatic carbocycles. The van der Waals surface area contributed by atoms with Crippen LogP contribution in [0.3, 0.4) is 0 Å². The van der Waals surface area contributed by atoms with Gasteiger partial charge in [-0.15, -0.1) is 0 Å². The van der Waals surface area contributed by atoms with Crippen molar-refractivity contribution in [3.8, 4) is 5.75 Å². The molecule has 0 aliphatic heterocycles. The molecule has 3 heteroatoms. The van der Waals surface area contributed by atoms with Gasteiger partial charge in [0.1, 0.15) is 5.75 Å². The number of hydrogen-bond acceptors (Lipinski definition) is 2. The maximum Gasteiger partial charge on any atom is 0.121 e. The third-order valence-corrected chi connectivity index (χ3v) is 3.94. The fourth-order valence-corrected chi connectivity index (χ4v) is 2.92. The van der Waals surface area contributed by atoms with E-state index < -0.39 is 0 Å². The first-order valence-corrected chi connectivity index (χ1v) is 7.35. The van der Waals surface area contributed by atoms with Crippen molar-refractivity contribution in [1.29, 1.82) is 0 Å². The van der Waals surface area contributed by atoms with Crippen LogP contribution in [0.15, 0.2) is 18.2 Å². The minimum atomic E-state index is 0.742. The molecule has 0 saturated heterocycles. The Kier molecular flexibility index (Phi) is 3.74. The van der Waals surface area contributed by atoms with Crippen molar-refractivity contribution >= 4 is 10.9 Å². The number of aromatic amines is 1. The van der Waals surface area contributed by atoms with Gasteiger partial charge >= 0.3 is 0 Å². The molecular weight excluding hydrogens is 236 g/mol. The van der Waals surface area contributed by atoms with Crippen molar-refractivity contribution in [1.82, 2.24) is 4.98 Å². The zero-order chi connectivity index (χ0) is 13.1. The van der Waals surface area contributed by atoms with Crippen LogP contribution >= 0.6 is 0 Å². The van der Waals surface area contributed by atoms with Crippen LogP contribution in [-0.4, -0.2) is 18.1 Å². The molecule has 1 aliphatic rings. The number of fused-ring (bicyclic) bond motifs is 3. The van der Waals surface area contributed by atoms with Gasteiger partial charge in [-0.25, -0.2) is 0 Å². The quantitative estimate of drug-likeness (QED) is 0.809. The number of hydrogen-bond donors (Lipinski definition) is 2. The summed E-state index contributed by atoms with van der Waals surface area (Å²) < 4.78 is 5.77. The number of aryl methyl sites for hydroxylation is 2. The average molecular weight is 258 g/mol. The third kappa shape index (κ3) is 2.61. The van der Waals surface area contributed by atoms with Crippen LogP contribution in [0.5, 0.6) is 5.75 Å². The van der Waals surface area contributed by atoms with E-state index in [4.69, 9.17) is 10.5 Å². The Hall–Kier alpha value is -1.48. The molecule has 1 aliphatic carbocycles. The Morgan fingerprint density at radius 2 is 2.05 bits per heavy atom. The number of unbranched alkanes of at least 4 members (excludes halogenated alkanes) is 1. The summed E-state index contributed by atoms with van der Waals surface area (Å²) in [6.07, 6.45) is 7.08. The zero-order valence-electron chi connectivity index (χ0n) is 11.4. The smallest absolute Gasteiger partial charge is 0.121 e. The number of nitrogens with one attached hydrogen (secondary N) is 1. The van der Waals surface area contributed by atoms with Crippen molar-refractivity contribution in [2.75, 3.05) is 13.2 Å². The molecule has 3 rings (SSSR count). The summed E-state index contributed by atoms with van der Waals surface area (Å²) in [5, 5.41) is 1.38. The summed E-state index contributed by atoms with van der Waals surface area (Å²) in [4.78, 5) is 3.56. The first-order valence-electron chi connectivity index (χ1n) is 7.35. The molecule has 1 aromatic heterocycles. The van der Waals surface area contributed by atoms with E-state index in [0.29, 0.717) is 0 Å². The van der Waals surface area contributed by atoms with Crippen LogP contribution in [0.1, 0.15) is 36.9 Å². The van der Waals surface area contributed by atoms with Crippen molar-refractivity contribution in [2.24, 2.45) is 5.73 Å². The van der Waals surface area contributed by atoms with Gasteiger partial charge in [-0.1, -0.05) is 0 Å². The predicted molar refractivity (Wildman–Crippen MR) is 78.7 cm³/mol. The lowest BCUT2D eigenvalue weighted by Gasteiger charge is -2.10. The van der Waals surface area contributed by atoms with Gasteiger partial charge in [0.15, 0.2) is 0 Å². The number of rotatable bonds is 5. The Labute approximate surface area is 114 Å². The fraction of sp³-hybridized carbons (Fsp3) is 0.500. The highest BCUT2D eigenvalue weighted by molar-refractivity contribution is 5.86. The van der Waals surface area contributed by atoms with Gasteiger partial charge in [-0.05, 0) is 62.8 Å². The van der Waals surface area contributed by atoms with E-state index in [1.807, 2.05) is 0 Å². The first kappa shape index (κ1) is 12.5. The highest BCUT2D eigenvalue weighted by atomic mass is 16.5. The fourth-order valence-electron chi connectivity index (χ4n) is 2.92. The Morgan fingerprint density at radius 1 is 1.16 bits per heavy atom. The summed E-state index contributed by atoms with van der Waals surface area (Å²) in [5.41, 5.74) is 9.66. The zero-order valence-corrected chi connectivity index (χ0v) is 11.4. The number of benzene rings is 1.